The van der Waals surface area contributed by atoms with Crippen LogP contribution in [0.25, 0.3) is 0 Å². The Morgan fingerprint density at radius 3 is 2.88 bits per heavy atom. The average molecular weight is 232 g/mol. The van der Waals surface area contributed by atoms with Gasteiger partial charge in [-0.05, 0) is 17.7 Å². The second kappa shape index (κ2) is 5.84. The largest absolute Gasteiger partial charge is 0.497 e. The quantitative estimate of drug-likeness (QED) is 0.802. The van der Waals surface area contributed by atoms with Gasteiger partial charge >= 0.3 is 0 Å². The molecule has 3 heteroatoms. The fourth-order valence-corrected chi connectivity index (χ4v) is 2.29. The monoisotopic (exact) mass is 232 g/mol. The van der Waals surface area contributed by atoms with Crippen molar-refractivity contribution >= 4 is 0 Å². The normalized spacial score (nSPS) is 21.1. The van der Waals surface area contributed by atoms with Gasteiger partial charge in [0.2, 0.25) is 0 Å². The smallest absolute Gasteiger partial charge is 0.118 e. The van der Waals surface area contributed by atoms with Crippen LogP contribution < -0.4 is 10.1 Å². The van der Waals surface area contributed by atoms with E-state index in [-0.39, 0.29) is 0 Å². The van der Waals surface area contributed by atoms with Crippen LogP contribution >= 0.6 is 0 Å². The molecule has 1 N–H and O–H groups in total. The molecule has 17 heavy (non-hydrogen) atoms. The van der Waals surface area contributed by atoms with E-state index in [1.165, 1.54) is 5.56 Å². The average Bonchev–Trinajstić information content (AvgIpc) is 2.40. The van der Waals surface area contributed by atoms with Crippen LogP contribution in [0.15, 0.2) is 36.9 Å². The molecule has 1 heterocycles. The number of hydrogen-bond acceptors (Lipinski definition) is 3. The summed E-state index contributed by atoms with van der Waals surface area (Å²) in [6.45, 7) is 7.90. The summed E-state index contributed by atoms with van der Waals surface area (Å²) in [5.74, 6) is 0.910. The van der Waals surface area contributed by atoms with Crippen molar-refractivity contribution < 1.29 is 4.74 Å². The fraction of sp³-hybridized carbons (Fsp3) is 0.429. The number of methoxy groups -OCH3 is 1. The molecule has 1 aliphatic heterocycles. The van der Waals surface area contributed by atoms with Gasteiger partial charge in [0.05, 0.1) is 7.11 Å². The minimum absolute atomic E-state index is 0.438. The zero-order valence-electron chi connectivity index (χ0n) is 10.4. The molecule has 0 radical (unpaired) electrons. The first kappa shape index (κ1) is 12.1. The predicted molar refractivity (Wildman–Crippen MR) is 70.4 cm³/mol. The second-order valence-corrected chi connectivity index (χ2v) is 4.28. The van der Waals surface area contributed by atoms with Crippen LogP contribution in [0, 0.1) is 0 Å². The van der Waals surface area contributed by atoms with Gasteiger partial charge in [-0.2, -0.15) is 0 Å². The van der Waals surface area contributed by atoms with Crippen LogP contribution in [-0.2, 0) is 0 Å². The summed E-state index contributed by atoms with van der Waals surface area (Å²) in [5, 5.41) is 3.44. The molecule has 1 aromatic rings. The van der Waals surface area contributed by atoms with Gasteiger partial charge < -0.3 is 10.1 Å². The highest BCUT2D eigenvalue weighted by Gasteiger charge is 2.22. The van der Waals surface area contributed by atoms with Gasteiger partial charge in [0, 0.05) is 32.2 Å². The molecule has 92 valence electrons. The highest BCUT2D eigenvalue weighted by molar-refractivity contribution is 5.29. The molecule has 3 nitrogen and oxygen atoms in total. The van der Waals surface area contributed by atoms with Crippen molar-refractivity contribution in [3.05, 3.63) is 42.5 Å². The van der Waals surface area contributed by atoms with Gasteiger partial charge in [0.15, 0.2) is 0 Å². The minimum Gasteiger partial charge on any atom is -0.497 e. The van der Waals surface area contributed by atoms with E-state index in [0.29, 0.717) is 6.04 Å². The lowest BCUT2D eigenvalue weighted by Crippen LogP contribution is -2.45. The molecule has 1 fully saturated rings. The summed E-state index contributed by atoms with van der Waals surface area (Å²) < 4.78 is 5.19. The van der Waals surface area contributed by atoms with Crippen molar-refractivity contribution in [1.29, 1.82) is 0 Å². The van der Waals surface area contributed by atoms with Gasteiger partial charge in [0.25, 0.3) is 0 Å². The first-order valence-electron chi connectivity index (χ1n) is 6.04. The molecule has 0 bridgehead atoms. The third-order valence-electron chi connectivity index (χ3n) is 3.22. The number of rotatable bonds is 4. The molecule has 0 aliphatic carbocycles. The van der Waals surface area contributed by atoms with Gasteiger partial charge in [-0.1, -0.05) is 18.2 Å². The van der Waals surface area contributed by atoms with Gasteiger partial charge in [-0.15, -0.1) is 6.58 Å². The number of ether oxygens (including phenoxy) is 1. The lowest BCUT2D eigenvalue weighted by atomic mass is 10.0. The Bertz CT molecular complexity index is 361. The first-order chi connectivity index (χ1) is 8.35. The molecule has 1 aromatic carbocycles. The molecular formula is C14H20N2O. The number of hydrogen-bond donors (Lipinski definition) is 1. The Balaban J connectivity index is 2.14. The Morgan fingerprint density at radius 1 is 1.47 bits per heavy atom. The molecule has 0 aromatic heterocycles. The highest BCUT2D eigenvalue weighted by atomic mass is 16.5. The summed E-state index contributed by atoms with van der Waals surface area (Å²) >= 11 is 0. The minimum atomic E-state index is 0.438. The summed E-state index contributed by atoms with van der Waals surface area (Å²) in [7, 11) is 1.70. The molecule has 2 rings (SSSR count). The lowest BCUT2D eigenvalue weighted by Gasteiger charge is -2.35. The van der Waals surface area contributed by atoms with Crippen LogP contribution in [-0.4, -0.2) is 38.2 Å². The maximum absolute atomic E-state index is 5.19. The van der Waals surface area contributed by atoms with Gasteiger partial charge in [0.1, 0.15) is 5.75 Å². The van der Waals surface area contributed by atoms with E-state index in [9.17, 15) is 0 Å². The standard InChI is InChI=1S/C14H20N2O/c1-3-9-16-10-8-15-11-14(16)12-4-6-13(17-2)7-5-12/h3-7,14-15H,1,8-11H2,2H3. The number of benzene rings is 1. The van der Waals surface area contributed by atoms with E-state index in [2.05, 4.69) is 28.9 Å². The molecule has 0 amide bonds. The SMILES string of the molecule is C=CCN1CCNCC1c1ccc(OC)cc1. The van der Waals surface area contributed by atoms with E-state index in [4.69, 9.17) is 4.74 Å². The fourth-order valence-electron chi connectivity index (χ4n) is 2.29. The number of piperazine rings is 1. The molecule has 1 saturated heterocycles. The predicted octanol–water partition coefficient (Wildman–Crippen LogP) is 1.83. The van der Waals surface area contributed by atoms with Gasteiger partial charge in [-0.3, -0.25) is 4.90 Å². The van der Waals surface area contributed by atoms with E-state index in [0.717, 1.165) is 31.9 Å². The third-order valence-corrected chi connectivity index (χ3v) is 3.22. The van der Waals surface area contributed by atoms with Crippen molar-refractivity contribution in [2.75, 3.05) is 33.3 Å². The third kappa shape index (κ3) is 2.87. The van der Waals surface area contributed by atoms with E-state index in [1.54, 1.807) is 7.11 Å². The zero-order valence-corrected chi connectivity index (χ0v) is 10.4. The van der Waals surface area contributed by atoms with Crippen molar-refractivity contribution in [2.45, 2.75) is 6.04 Å². The Morgan fingerprint density at radius 2 is 2.24 bits per heavy atom. The molecule has 1 aliphatic rings. The highest BCUT2D eigenvalue weighted by Crippen LogP contribution is 2.23. The summed E-state index contributed by atoms with van der Waals surface area (Å²) in [4.78, 5) is 2.45. The zero-order chi connectivity index (χ0) is 12.1. The van der Waals surface area contributed by atoms with Crippen LogP contribution in [0.5, 0.6) is 5.75 Å². The lowest BCUT2D eigenvalue weighted by molar-refractivity contribution is 0.180. The molecule has 1 atom stereocenters. The maximum Gasteiger partial charge on any atom is 0.118 e. The van der Waals surface area contributed by atoms with Gasteiger partial charge in [-0.25, -0.2) is 0 Å². The first-order valence-corrected chi connectivity index (χ1v) is 6.04. The Labute approximate surface area is 103 Å². The van der Waals surface area contributed by atoms with Crippen molar-refractivity contribution in [1.82, 2.24) is 10.2 Å². The molecular weight excluding hydrogens is 212 g/mol. The number of nitrogens with one attached hydrogen (secondary N) is 1. The van der Waals surface area contributed by atoms with Crippen molar-refractivity contribution in [2.24, 2.45) is 0 Å². The van der Waals surface area contributed by atoms with E-state index in [1.807, 2.05) is 18.2 Å². The molecule has 0 saturated carbocycles. The molecule has 0 spiro atoms. The van der Waals surface area contributed by atoms with Crippen molar-refractivity contribution in [3.8, 4) is 5.75 Å². The number of nitrogens with zero attached hydrogens (tertiary/aromatic N) is 1. The Hall–Kier alpha value is -1.32. The summed E-state index contributed by atoms with van der Waals surface area (Å²) in [5.41, 5.74) is 1.33. The topological polar surface area (TPSA) is 24.5 Å². The van der Waals surface area contributed by atoms with Crippen LogP contribution in [0.3, 0.4) is 0 Å². The van der Waals surface area contributed by atoms with E-state index >= 15 is 0 Å². The molecule has 1 unspecified atom stereocenters. The second-order valence-electron chi connectivity index (χ2n) is 4.28. The Kier molecular flexibility index (Phi) is 4.18. The van der Waals surface area contributed by atoms with Crippen LogP contribution in [0.4, 0.5) is 0 Å². The maximum atomic E-state index is 5.19. The summed E-state index contributed by atoms with van der Waals surface area (Å²) in [6.07, 6.45) is 1.97. The van der Waals surface area contributed by atoms with Crippen molar-refractivity contribution in [3.63, 3.8) is 0 Å². The van der Waals surface area contributed by atoms with Crippen LogP contribution in [0.1, 0.15) is 11.6 Å². The summed E-state index contributed by atoms with van der Waals surface area (Å²) in [6, 6.07) is 8.78. The van der Waals surface area contributed by atoms with E-state index < -0.39 is 0 Å². The van der Waals surface area contributed by atoms with Crippen LogP contribution in [0.2, 0.25) is 0 Å².